The van der Waals surface area contributed by atoms with E-state index in [1.54, 1.807) is 6.92 Å². The molecule has 1 aromatic carbocycles. The zero-order valence-corrected chi connectivity index (χ0v) is 13.4. The van der Waals surface area contributed by atoms with Gasteiger partial charge in [-0.15, -0.1) is 0 Å². The highest BCUT2D eigenvalue weighted by molar-refractivity contribution is 6.34. The number of piperidine rings is 1. The van der Waals surface area contributed by atoms with E-state index in [4.69, 9.17) is 16.3 Å². The summed E-state index contributed by atoms with van der Waals surface area (Å²) in [5.41, 5.74) is 0.0244. The number of hydrogen-bond acceptors (Lipinski definition) is 5. The third kappa shape index (κ3) is 3.98. The van der Waals surface area contributed by atoms with Crippen molar-refractivity contribution in [3.8, 4) is 0 Å². The molecule has 7 nitrogen and oxygen atoms in total. The molecule has 0 saturated carbocycles. The molecule has 0 aliphatic carbocycles. The molecule has 1 fully saturated rings. The van der Waals surface area contributed by atoms with Crippen molar-refractivity contribution in [3.05, 3.63) is 38.9 Å². The second kappa shape index (κ2) is 7.41. The lowest BCUT2D eigenvalue weighted by atomic mass is 9.97. The van der Waals surface area contributed by atoms with Gasteiger partial charge in [-0.3, -0.25) is 19.7 Å². The molecule has 1 heterocycles. The van der Waals surface area contributed by atoms with Crippen LogP contribution in [0.2, 0.25) is 5.02 Å². The van der Waals surface area contributed by atoms with Crippen molar-refractivity contribution in [1.29, 1.82) is 0 Å². The number of nitrogens with zero attached hydrogens (tertiary/aromatic N) is 2. The van der Waals surface area contributed by atoms with Gasteiger partial charge in [-0.1, -0.05) is 11.6 Å². The number of esters is 1. The molecule has 1 aliphatic heterocycles. The fourth-order valence-electron chi connectivity index (χ4n) is 2.58. The Morgan fingerprint density at radius 3 is 2.83 bits per heavy atom. The molecule has 1 atom stereocenters. The number of hydrogen-bond donors (Lipinski definition) is 0. The Hall–Kier alpha value is -2.15. The topological polar surface area (TPSA) is 89.8 Å². The fourth-order valence-corrected chi connectivity index (χ4v) is 2.83. The zero-order chi connectivity index (χ0) is 17.0. The summed E-state index contributed by atoms with van der Waals surface area (Å²) in [6, 6.07) is 3.74. The molecule has 2 rings (SSSR count). The molecular weight excluding hydrogens is 324 g/mol. The summed E-state index contributed by atoms with van der Waals surface area (Å²) in [5, 5.41) is 10.7. The summed E-state index contributed by atoms with van der Waals surface area (Å²) in [7, 11) is 0. The summed E-state index contributed by atoms with van der Waals surface area (Å²) in [4.78, 5) is 36.1. The highest BCUT2D eigenvalue weighted by Crippen LogP contribution is 2.26. The molecule has 0 bridgehead atoms. The van der Waals surface area contributed by atoms with Crippen LogP contribution < -0.4 is 0 Å². The van der Waals surface area contributed by atoms with Gasteiger partial charge < -0.3 is 9.64 Å². The number of non-ortho nitro benzene ring substituents is 1. The molecule has 8 heteroatoms. The monoisotopic (exact) mass is 340 g/mol. The Bertz CT molecular complexity index is 634. The highest BCUT2D eigenvalue weighted by atomic mass is 35.5. The first kappa shape index (κ1) is 17.2. The van der Waals surface area contributed by atoms with Crippen molar-refractivity contribution in [2.45, 2.75) is 19.8 Å². The maximum atomic E-state index is 12.5. The lowest BCUT2D eigenvalue weighted by Gasteiger charge is -2.31. The number of benzene rings is 1. The summed E-state index contributed by atoms with van der Waals surface area (Å²) >= 11 is 5.99. The molecule has 0 aromatic heterocycles. The Balaban J connectivity index is 2.13. The molecule has 0 radical (unpaired) electrons. The Morgan fingerprint density at radius 1 is 1.48 bits per heavy atom. The van der Waals surface area contributed by atoms with Crippen molar-refractivity contribution in [2.24, 2.45) is 5.92 Å². The summed E-state index contributed by atoms with van der Waals surface area (Å²) in [5.74, 6) is -0.983. The SMILES string of the molecule is CCOC(=O)C1CCCN(C(=O)c2ccc([N+](=O)[O-])cc2Cl)C1. The smallest absolute Gasteiger partial charge is 0.310 e. The molecule has 124 valence electrons. The second-order valence-corrected chi connectivity index (χ2v) is 5.67. The van der Waals surface area contributed by atoms with Gasteiger partial charge >= 0.3 is 5.97 Å². The number of rotatable bonds is 4. The van der Waals surface area contributed by atoms with Crippen LogP contribution in [0.4, 0.5) is 5.69 Å². The maximum absolute atomic E-state index is 12.5. The minimum Gasteiger partial charge on any atom is -0.466 e. The lowest BCUT2D eigenvalue weighted by molar-refractivity contribution is -0.384. The maximum Gasteiger partial charge on any atom is 0.310 e. The third-order valence-corrected chi connectivity index (χ3v) is 4.04. The van der Waals surface area contributed by atoms with Gasteiger partial charge in [-0.05, 0) is 25.8 Å². The number of ether oxygens (including phenoxy) is 1. The van der Waals surface area contributed by atoms with Crippen molar-refractivity contribution in [1.82, 2.24) is 4.90 Å². The summed E-state index contributed by atoms with van der Waals surface area (Å²) in [6.45, 7) is 2.82. The average molecular weight is 341 g/mol. The van der Waals surface area contributed by atoms with Crippen LogP contribution in [0.1, 0.15) is 30.1 Å². The Kier molecular flexibility index (Phi) is 5.54. The number of likely N-dealkylation sites (tertiary alicyclic amines) is 1. The number of amides is 1. The van der Waals surface area contributed by atoms with Crippen molar-refractivity contribution in [3.63, 3.8) is 0 Å². The van der Waals surface area contributed by atoms with E-state index in [9.17, 15) is 19.7 Å². The first-order valence-electron chi connectivity index (χ1n) is 7.34. The normalized spacial score (nSPS) is 17.7. The van der Waals surface area contributed by atoms with E-state index in [1.165, 1.54) is 17.0 Å². The number of carbonyl (C=O) groups excluding carboxylic acids is 2. The van der Waals surface area contributed by atoms with Crippen LogP contribution in [-0.4, -0.2) is 41.4 Å². The second-order valence-electron chi connectivity index (χ2n) is 5.26. The number of nitro benzene ring substituents is 1. The van der Waals surface area contributed by atoms with Gasteiger partial charge in [0.1, 0.15) is 0 Å². The minimum atomic E-state index is -0.572. The first-order chi connectivity index (χ1) is 10.9. The van der Waals surface area contributed by atoms with E-state index < -0.39 is 4.92 Å². The number of halogens is 1. The molecular formula is C15H17ClN2O5. The predicted molar refractivity (Wildman–Crippen MR) is 83.4 cm³/mol. The Labute approximate surface area is 138 Å². The van der Waals surface area contributed by atoms with Crippen molar-refractivity contribution < 1.29 is 19.2 Å². The lowest BCUT2D eigenvalue weighted by Crippen LogP contribution is -2.42. The van der Waals surface area contributed by atoms with E-state index >= 15 is 0 Å². The highest BCUT2D eigenvalue weighted by Gasteiger charge is 2.30. The van der Waals surface area contributed by atoms with Gasteiger partial charge in [0.25, 0.3) is 11.6 Å². The van der Waals surface area contributed by atoms with Crippen LogP contribution in [0.25, 0.3) is 0 Å². The standard InChI is InChI=1S/C15H17ClN2O5/c1-2-23-15(20)10-4-3-7-17(9-10)14(19)12-6-5-11(18(21)22)8-13(12)16/h5-6,8,10H,2-4,7,9H2,1H3. The van der Waals surface area contributed by atoms with Gasteiger partial charge in [0.15, 0.2) is 0 Å². The van der Waals surface area contributed by atoms with Crippen LogP contribution >= 0.6 is 11.6 Å². The van der Waals surface area contributed by atoms with E-state index in [0.29, 0.717) is 26.0 Å². The minimum absolute atomic E-state index is 0.0301. The van der Waals surface area contributed by atoms with Gasteiger partial charge in [0.2, 0.25) is 0 Å². The van der Waals surface area contributed by atoms with E-state index in [0.717, 1.165) is 6.07 Å². The largest absolute Gasteiger partial charge is 0.466 e. The molecule has 0 spiro atoms. The molecule has 1 saturated heterocycles. The van der Waals surface area contributed by atoms with Crippen LogP contribution in [0.15, 0.2) is 18.2 Å². The molecule has 1 aliphatic rings. The van der Waals surface area contributed by atoms with Crippen LogP contribution in [0.3, 0.4) is 0 Å². The van der Waals surface area contributed by atoms with Gasteiger partial charge in [-0.25, -0.2) is 0 Å². The average Bonchev–Trinajstić information content (AvgIpc) is 2.54. The quantitative estimate of drug-likeness (QED) is 0.477. The third-order valence-electron chi connectivity index (χ3n) is 3.72. The number of carbonyl (C=O) groups is 2. The van der Waals surface area contributed by atoms with Crippen LogP contribution in [-0.2, 0) is 9.53 Å². The molecule has 0 N–H and O–H groups in total. The van der Waals surface area contributed by atoms with Gasteiger partial charge in [-0.2, -0.15) is 0 Å². The summed E-state index contributed by atoms with van der Waals surface area (Å²) < 4.78 is 5.00. The van der Waals surface area contributed by atoms with Gasteiger partial charge in [0.05, 0.1) is 28.0 Å². The predicted octanol–water partition coefficient (Wildman–Crippen LogP) is 2.66. The van der Waals surface area contributed by atoms with Crippen LogP contribution in [0.5, 0.6) is 0 Å². The first-order valence-corrected chi connectivity index (χ1v) is 7.71. The van der Waals surface area contributed by atoms with E-state index in [2.05, 4.69) is 0 Å². The molecule has 1 amide bonds. The number of nitro groups is 1. The molecule has 23 heavy (non-hydrogen) atoms. The summed E-state index contributed by atoms with van der Waals surface area (Å²) in [6.07, 6.45) is 1.37. The zero-order valence-electron chi connectivity index (χ0n) is 12.7. The Morgan fingerprint density at radius 2 is 2.22 bits per heavy atom. The van der Waals surface area contributed by atoms with Crippen LogP contribution in [0, 0.1) is 16.0 Å². The molecule has 1 aromatic rings. The van der Waals surface area contributed by atoms with E-state index in [1.807, 2.05) is 0 Å². The fraction of sp³-hybridized carbons (Fsp3) is 0.467. The van der Waals surface area contributed by atoms with Crippen molar-refractivity contribution >= 4 is 29.2 Å². The van der Waals surface area contributed by atoms with Crippen molar-refractivity contribution in [2.75, 3.05) is 19.7 Å². The molecule has 1 unspecified atom stereocenters. The van der Waals surface area contributed by atoms with Gasteiger partial charge in [0, 0.05) is 25.2 Å². The van der Waals surface area contributed by atoms with E-state index in [-0.39, 0.29) is 40.6 Å².